The maximum atomic E-state index is 4.03. The summed E-state index contributed by atoms with van der Waals surface area (Å²) in [6.07, 6.45) is 1.89. The summed E-state index contributed by atoms with van der Waals surface area (Å²) < 4.78 is 0. The van der Waals surface area contributed by atoms with E-state index in [1.807, 2.05) is 42.3 Å². The summed E-state index contributed by atoms with van der Waals surface area (Å²) >= 11 is 3.36. The van der Waals surface area contributed by atoms with Crippen molar-refractivity contribution < 1.29 is 0 Å². The molecule has 0 spiro atoms. The Morgan fingerprint density at radius 1 is 0.944 bits per heavy atom. The van der Waals surface area contributed by atoms with Gasteiger partial charge in [0.05, 0.1) is 21.6 Å². The number of thiazole rings is 2. The van der Waals surface area contributed by atoms with Gasteiger partial charge in [0.25, 0.3) is 0 Å². The van der Waals surface area contributed by atoms with Gasteiger partial charge in [-0.2, -0.15) is 0 Å². The van der Waals surface area contributed by atoms with Crippen molar-refractivity contribution in [3.8, 4) is 10.4 Å². The van der Waals surface area contributed by atoms with Crippen molar-refractivity contribution in [1.82, 2.24) is 9.97 Å². The van der Waals surface area contributed by atoms with Gasteiger partial charge in [-0.15, -0.1) is 22.7 Å². The third-order valence-electron chi connectivity index (χ3n) is 2.48. The number of nitrogens with zero attached hydrogens (tertiary/aromatic N) is 2. The lowest BCUT2D eigenvalue weighted by Gasteiger charge is -1.92. The first kappa shape index (κ1) is 12.9. The number of benzene rings is 1. The molecule has 0 saturated heterocycles. The third kappa shape index (κ3) is 3.48. The molecule has 0 unspecified atom stereocenters. The lowest BCUT2D eigenvalue weighted by atomic mass is 10.2. The Bertz CT molecular complexity index is 554. The highest BCUT2D eigenvalue weighted by molar-refractivity contribution is 7.13. The lowest BCUT2D eigenvalue weighted by Crippen LogP contribution is -1.68. The second kappa shape index (κ2) is 6.42. The van der Waals surface area contributed by atoms with E-state index < -0.39 is 0 Å². The number of rotatable bonds is 1. The molecule has 3 rings (SSSR count). The van der Waals surface area contributed by atoms with Crippen LogP contribution in [0.15, 0.2) is 47.5 Å². The lowest BCUT2D eigenvalue weighted by molar-refractivity contribution is 1.23. The van der Waals surface area contributed by atoms with E-state index in [0.717, 1.165) is 5.69 Å². The van der Waals surface area contributed by atoms with Gasteiger partial charge in [0.15, 0.2) is 0 Å². The second-order valence-electron chi connectivity index (χ2n) is 3.73. The molecule has 0 radical (unpaired) electrons. The maximum absolute atomic E-state index is 4.03. The second-order valence-corrected chi connectivity index (χ2v) is 5.67. The van der Waals surface area contributed by atoms with Crippen molar-refractivity contribution in [3.63, 3.8) is 0 Å². The van der Waals surface area contributed by atoms with Crippen molar-refractivity contribution in [1.29, 1.82) is 0 Å². The highest BCUT2D eigenvalue weighted by atomic mass is 32.1. The summed E-state index contributed by atoms with van der Waals surface area (Å²) in [5.41, 5.74) is 6.12. The molecule has 0 aliphatic heterocycles. The summed E-state index contributed by atoms with van der Waals surface area (Å²) in [6, 6.07) is 10.3. The molecular weight excluding hydrogens is 260 g/mol. The largest absolute Gasteiger partial charge is 0.252 e. The minimum absolute atomic E-state index is 1.16. The Labute approximate surface area is 115 Å². The molecule has 2 aromatic heterocycles. The monoisotopic (exact) mass is 274 g/mol. The van der Waals surface area contributed by atoms with Crippen LogP contribution in [-0.4, -0.2) is 9.97 Å². The normalized spacial score (nSPS) is 9.67. The van der Waals surface area contributed by atoms with Crippen LogP contribution < -0.4 is 0 Å². The molecule has 92 valence electrons. The molecule has 0 aliphatic carbocycles. The molecule has 1 aromatic carbocycles. The van der Waals surface area contributed by atoms with Gasteiger partial charge in [-0.25, -0.2) is 4.98 Å². The molecular formula is C14H14N2S2. The van der Waals surface area contributed by atoms with Crippen LogP contribution in [0, 0.1) is 13.8 Å². The molecule has 3 aromatic rings. The van der Waals surface area contributed by atoms with E-state index in [-0.39, 0.29) is 0 Å². The zero-order valence-electron chi connectivity index (χ0n) is 10.3. The van der Waals surface area contributed by atoms with Gasteiger partial charge in [0.1, 0.15) is 0 Å². The van der Waals surface area contributed by atoms with Crippen LogP contribution in [-0.2, 0) is 0 Å². The number of hydrogen-bond acceptors (Lipinski definition) is 4. The molecule has 0 saturated carbocycles. The van der Waals surface area contributed by atoms with Crippen LogP contribution in [0.4, 0.5) is 0 Å². The Balaban J connectivity index is 0.000000149. The predicted molar refractivity (Wildman–Crippen MR) is 79.1 cm³/mol. The summed E-state index contributed by atoms with van der Waals surface area (Å²) in [4.78, 5) is 10.6. The van der Waals surface area contributed by atoms with E-state index in [4.69, 9.17) is 0 Å². The van der Waals surface area contributed by atoms with E-state index in [1.165, 1.54) is 15.3 Å². The summed E-state index contributed by atoms with van der Waals surface area (Å²) in [6.45, 7) is 4.10. The molecule has 2 nitrogen and oxygen atoms in total. The first-order valence-corrected chi connectivity index (χ1v) is 7.34. The minimum Gasteiger partial charge on any atom is -0.252 e. The van der Waals surface area contributed by atoms with Gasteiger partial charge in [-0.05, 0) is 19.4 Å². The van der Waals surface area contributed by atoms with Crippen LogP contribution in [0.25, 0.3) is 10.4 Å². The molecule has 4 heteroatoms. The Kier molecular flexibility index (Phi) is 4.61. The van der Waals surface area contributed by atoms with Crippen LogP contribution in [0.1, 0.15) is 10.6 Å². The molecule has 0 atom stereocenters. The van der Waals surface area contributed by atoms with Gasteiger partial charge < -0.3 is 0 Å². The molecule has 0 N–H and O–H groups in total. The average Bonchev–Trinajstić information content (AvgIpc) is 3.05. The van der Waals surface area contributed by atoms with E-state index in [9.17, 15) is 0 Å². The first-order valence-electron chi connectivity index (χ1n) is 5.58. The molecule has 2 heterocycles. The van der Waals surface area contributed by atoms with Gasteiger partial charge in [-0.1, -0.05) is 30.3 Å². The van der Waals surface area contributed by atoms with Crippen LogP contribution in [0.2, 0.25) is 0 Å². The fourth-order valence-corrected chi connectivity index (χ4v) is 2.54. The quantitative estimate of drug-likeness (QED) is 0.649. The van der Waals surface area contributed by atoms with Crippen LogP contribution in [0.3, 0.4) is 0 Å². The van der Waals surface area contributed by atoms with E-state index in [0.29, 0.717) is 0 Å². The number of aromatic nitrogens is 2. The smallest absolute Gasteiger partial charge is 0.0797 e. The highest BCUT2D eigenvalue weighted by Crippen LogP contribution is 2.21. The Hall–Kier alpha value is -1.52. The van der Waals surface area contributed by atoms with E-state index in [2.05, 4.69) is 29.0 Å². The topological polar surface area (TPSA) is 25.8 Å². The summed E-state index contributed by atoms with van der Waals surface area (Å²) in [5, 5.41) is 0. The summed E-state index contributed by atoms with van der Waals surface area (Å²) in [5.74, 6) is 0. The molecule has 0 aliphatic rings. The SMILES string of the molecule is Cc1ncsc1C.c1ccc(-c2cncs2)cc1. The molecule has 0 fully saturated rings. The van der Waals surface area contributed by atoms with Crippen molar-refractivity contribution in [2.45, 2.75) is 13.8 Å². The number of hydrogen-bond donors (Lipinski definition) is 0. The minimum atomic E-state index is 1.16. The van der Waals surface area contributed by atoms with Crippen molar-refractivity contribution >= 4 is 22.7 Å². The van der Waals surface area contributed by atoms with Crippen molar-refractivity contribution in [2.75, 3.05) is 0 Å². The highest BCUT2D eigenvalue weighted by Gasteiger charge is 1.95. The van der Waals surface area contributed by atoms with Crippen molar-refractivity contribution in [3.05, 3.63) is 58.1 Å². The first-order chi connectivity index (χ1) is 8.77. The molecule has 0 bridgehead atoms. The maximum Gasteiger partial charge on any atom is 0.0797 e. The standard InChI is InChI=1S/C9H7NS.C5H7NS/c1-2-4-8(5-3-1)9-6-10-7-11-9;1-4-5(2)7-3-6-4/h1-7H;3H,1-2H3. The Morgan fingerprint density at radius 2 is 1.72 bits per heavy atom. The zero-order valence-corrected chi connectivity index (χ0v) is 12.0. The summed E-state index contributed by atoms with van der Waals surface area (Å²) in [7, 11) is 0. The molecule has 18 heavy (non-hydrogen) atoms. The van der Waals surface area contributed by atoms with Gasteiger partial charge >= 0.3 is 0 Å². The van der Waals surface area contributed by atoms with Crippen LogP contribution >= 0.6 is 22.7 Å². The number of aryl methyl sites for hydroxylation is 2. The fraction of sp³-hybridized carbons (Fsp3) is 0.143. The van der Waals surface area contributed by atoms with Crippen LogP contribution in [0.5, 0.6) is 0 Å². The Morgan fingerprint density at radius 3 is 2.17 bits per heavy atom. The van der Waals surface area contributed by atoms with E-state index in [1.54, 1.807) is 22.7 Å². The zero-order chi connectivity index (χ0) is 12.8. The van der Waals surface area contributed by atoms with Gasteiger partial charge in [0.2, 0.25) is 0 Å². The van der Waals surface area contributed by atoms with Gasteiger partial charge in [-0.3, -0.25) is 4.98 Å². The predicted octanol–water partition coefficient (Wildman–Crippen LogP) is 4.57. The van der Waals surface area contributed by atoms with Crippen molar-refractivity contribution in [2.24, 2.45) is 0 Å². The fourth-order valence-electron chi connectivity index (χ4n) is 1.32. The van der Waals surface area contributed by atoms with Gasteiger partial charge in [0, 0.05) is 11.1 Å². The average molecular weight is 274 g/mol. The molecule has 0 amide bonds. The van der Waals surface area contributed by atoms with E-state index >= 15 is 0 Å². The third-order valence-corrected chi connectivity index (χ3v) is 4.16.